The third-order valence-electron chi connectivity index (χ3n) is 2.99. The van der Waals surface area contributed by atoms with Crippen LogP contribution in [-0.2, 0) is 16.0 Å². The number of methoxy groups -OCH3 is 1. The van der Waals surface area contributed by atoms with Crippen molar-refractivity contribution in [3.63, 3.8) is 0 Å². The van der Waals surface area contributed by atoms with Crippen molar-refractivity contribution >= 4 is 17.6 Å². The summed E-state index contributed by atoms with van der Waals surface area (Å²) in [5.74, 6) is 0.628. The predicted molar refractivity (Wildman–Crippen MR) is 77.1 cm³/mol. The van der Waals surface area contributed by atoms with Crippen LogP contribution in [0, 0.1) is 13.8 Å². The van der Waals surface area contributed by atoms with Gasteiger partial charge in [0.15, 0.2) is 0 Å². The summed E-state index contributed by atoms with van der Waals surface area (Å²) in [6.45, 7) is 6.20. The Morgan fingerprint density at radius 1 is 1.32 bits per heavy atom. The van der Waals surface area contributed by atoms with E-state index >= 15 is 0 Å². The Hall–Kier alpha value is -1.22. The van der Waals surface area contributed by atoms with E-state index in [1.54, 1.807) is 14.0 Å². The van der Waals surface area contributed by atoms with E-state index in [9.17, 15) is 4.79 Å². The third-order valence-corrected chi connectivity index (χ3v) is 3.30. The first-order valence-corrected chi connectivity index (χ1v) is 6.85. The summed E-state index contributed by atoms with van der Waals surface area (Å²) >= 11 is 6.21. The lowest BCUT2D eigenvalue weighted by atomic mass is 9.99. The number of esters is 1. The van der Waals surface area contributed by atoms with E-state index in [0.717, 1.165) is 22.4 Å². The van der Waals surface area contributed by atoms with Crippen molar-refractivity contribution < 1.29 is 14.3 Å². The van der Waals surface area contributed by atoms with E-state index in [-0.39, 0.29) is 17.8 Å². The van der Waals surface area contributed by atoms with Crippen molar-refractivity contribution in [3.05, 3.63) is 28.8 Å². The van der Waals surface area contributed by atoms with Crippen LogP contribution in [-0.4, -0.2) is 25.1 Å². The van der Waals surface area contributed by atoms with Gasteiger partial charge in [-0.25, -0.2) is 0 Å². The molecule has 0 radical (unpaired) electrons. The highest BCUT2D eigenvalue weighted by molar-refractivity contribution is 6.21. The van der Waals surface area contributed by atoms with Gasteiger partial charge in [0.1, 0.15) is 5.75 Å². The molecule has 0 aliphatic heterocycles. The Kier molecular flexibility index (Phi) is 6.16. The molecule has 1 atom stereocenters. The molecule has 1 rings (SSSR count). The number of carbonyl (C=O) groups excluding carboxylic acids is 1. The van der Waals surface area contributed by atoms with Crippen molar-refractivity contribution in [1.29, 1.82) is 0 Å². The minimum absolute atomic E-state index is 0.236. The van der Waals surface area contributed by atoms with Gasteiger partial charge in [-0.05, 0) is 49.9 Å². The SMILES string of the molecule is CCOC(=O)CC(Cl)Cc1cc(C)c(OC)cc1C. The van der Waals surface area contributed by atoms with Crippen LogP contribution < -0.4 is 4.74 Å². The van der Waals surface area contributed by atoms with E-state index in [0.29, 0.717) is 13.0 Å². The number of carbonyl (C=O) groups is 1. The molecule has 0 heterocycles. The normalized spacial score (nSPS) is 12.1. The smallest absolute Gasteiger partial charge is 0.307 e. The molecule has 0 amide bonds. The lowest BCUT2D eigenvalue weighted by Crippen LogP contribution is -2.14. The number of halogens is 1. The van der Waals surface area contributed by atoms with E-state index in [1.165, 1.54) is 0 Å². The molecule has 0 aliphatic rings. The van der Waals surface area contributed by atoms with Crippen LogP contribution in [0.25, 0.3) is 0 Å². The van der Waals surface area contributed by atoms with Crippen LogP contribution in [0.1, 0.15) is 30.0 Å². The zero-order chi connectivity index (χ0) is 14.4. The molecule has 3 nitrogen and oxygen atoms in total. The van der Waals surface area contributed by atoms with E-state index in [1.807, 2.05) is 19.9 Å². The molecule has 0 spiro atoms. The van der Waals surface area contributed by atoms with Gasteiger partial charge in [-0.2, -0.15) is 0 Å². The largest absolute Gasteiger partial charge is 0.496 e. The Morgan fingerprint density at radius 2 is 2.00 bits per heavy atom. The fourth-order valence-electron chi connectivity index (χ4n) is 2.00. The molecule has 1 aromatic carbocycles. The highest BCUT2D eigenvalue weighted by Gasteiger charge is 2.14. The standard InChI is InChI=1S/C15H21ClO3/c1-5-19-15(17)9-13(16)8-12-6-11(3)14(18-4)7-10(12)2/h6-7,13H,5,8-9H2,1-4H3. The van der Waals surface area contributed by atoms with Gasteiger partial charge in [-0.15, -0.1) is 11.6 Å². The van der Waals surface area contributed by atoms with Crippen LogP contribution in [0.4, 0.5) is 0 Å². The molecule has 4 heteroatoms. The van der Waals surface area contributed by atoms with Crippen LogP contribution in [0.15, 0.2) is 12.1 Å². The monoisotopic (exact) mass is 284 g/mol. The zero-order valence-corrected chi connectivity index (χ0v) is 12.7. The number of hydrogen-bond acceptors (Lipinski definition) is 3. The maximum Gasteiger partial charge on any atom is 0.307 e. The first kappa shape index (κ1) is 15.8. The topological polar surface area (TPSA) is 35.5 Å². The van der Waals surface area contributed by atoms with Gasteiger partial charge in [-0.1, -0.05) is 6.07 Å². The highest BCUT2D eigenvalue weighted by atomic mass is 35.5. The Balaban J connectivity index is 2.71. The molecule has 0 saturated carbocycles. The molecular weight excluding hydrogens is 264 g/mol. The second-order valence-electron chi connectivity index (χ2n) is 4.56. The maximum absolute atomic E-state index is 11.4. The summed E-state index contributed by atoms with van der Waals surface area (Å²) in [7, 11) is 1.66. The number of alkyl halides is 1. The van der Waals surface area contributed by atoms with Gasteiger partial charge < -0.3 is 9.47 Å². The lowest BCUT2D eigenvalue weighted by molar-refractivity contribution is -0.143. The first-order valence-electron chi connectivity index (χ1n) is 6.41. The number of aryl methyl sites for hydroxylation is 2. The number of ether oxygens (including phenoxy) is 2. The Bertz CT molecular complexity index is 443. The molecule has 1 aromatic rings. The minimum atomic E-state index is -0.245. The summed E-state index contributed by atoms with van der Waals surface area (Å²) in [6, 6.07) is 4.06. The van der Waals surface area contributed by atoms with Crippen molar-refractivity contribution in [1.82, 2.24) is 0 Å². The molecule has 0 aromatic heterocycles. The quantitative estimate of drug-likeness (QED) is 0.593. The van der Waals surface area contributed by atoms with Crippen molar-refractivity contribution in [2.45, 2.75) is 39.0 Å². The van der Waals surface area contributed by atoms with Crippen molar-refractivity contribution in [2.75, 3.05) is 13.7 Å². The van der Waals surface area contributed by atoms with Gasteiger partial charge in [-0.3, -0.25) is 4.79 Å². The number of rotatable bonds is 6. The van der Waals surface area contributed by atoms with E-state index in [2.05, 4.69) is 6.07 Å². The van der Waals surface area contributed by atoms with E-state index < -0.39 is 0 Å². The molecule has 1 unspecified atom stereocenters. The van der Waals surface area contributed by atoms with Crippen LogP contribution in [0.3, 0.4) is 0 Å². The zero-order valence-electron chi connectivity index (χ0n) is 12.0. The van der Waals surface area contributed by atoms with E-state index in [4.69, 9.17) is 21.1 Å². The van der Waals surface area contributed by atoms with Crippen LogP contribution in [0.2, 0.25) is 0 Å². The first-order chi connectivity index (χ1) is 8.97. The van der Waals surface area contributed by atoms with Gasteiger partial charge in [0.05, 0.1) is 20.1 Å². The molecule has 0 saturated heterocycles. The second kappa shape index (κ2) is 7.39. The highest BCUT2D eigenvalue weighted by Crippen LogP contribution is 2.24. The van der Waals surface area contributed by atoms with Gasteiger partial charge in [0.25, 0.3) is 0 Å². The molecule has 0 N–H and O–H groups in total. The predicted octanol–water partition coefficient (Wildman–Crippen LogP) is 3.42. The fraction of sp³-hybridized carbons (Fsp3) is 0.533. The molecular formula is C15H21ClO3. The molecule has 19 heavy (non-hydrogen) atoms. The summed E-state index contributed by atoms with van der Waals surface area (Å²) in [6.07, 6.45) is 0.886. The number of hydrogen-bond donors (Lipinski definition) is 0. The van der Waals surface area contributed by atoms with Gasteiger partial charge in [0.2, 0.25) is 0 Å². The van der Waals surface area contributed by atoms with Gasteiger partial charge >= 0.3 is 5.97 Å². The fourth-order valence-corrected chi connectivity index (χ4v) is 2.29. The third kappa shape index (κ3) is 4.75. The molecule has 0 fully saturated rings. The second-order valence-corrected chi connectivity index (χ2v) is 5.18. The lowest BCUT2D eigenvalue weighted by Gasteiger charge is -2.14. The van der Waals surface area contributed by atoms with Crippen LogP contribution >= 0.6 is 11.6 Å². The molecule has 0 bridgehead atoms. The molecule has 0 aliphatic carbocycles. The summed E-state index contributed by atoms with van der Waals surface area (Å²) in [5.41, 5.74) is 3.34. The van der Waals surface area contributed by atoms with Crippen molar-refractivity contribution in [3.8, 4) is 5.75 Å². The number of benzene rings is 1. The summed E-state index contributed by atoms with van der Waals surface area (Å²) in [4.78, 5) is 11.4. The minimum Gasteiger partial charge on any atom is -0.496 e. The maximum atomic E-state index is 11.4. The Morgan fingerprint density at radius 3 is 2.58 bits per heavy atom. The average molecular weight is 285 g/mol. The average Bonchev–Trinajstić information content (AvgIpc) is 2.33. The summed E-state index contributed by atoms with van der Waals surface area (Å²) < 4.78 is 10.2. The molecule has 106 valence electrons. The van der Waals surface area contributed by atoms with Crippen molar-refractivity contribution in [2.24, 2.45) is 0 Å². The van der Waals surface area contributed by atoms with Gasteiger partial charge in [0, 0.05) is 5.38 Å². The Labute approximate surface area is 119 Å². The van der Waals surface area contributed by atoms with Crippen LogP contribution in [0.5, 0.6) is 5.75 Å². The summed E-state index contributed by atoms with van der Waals surface area (Å²) in [5, 5.41) is -0.245.